The first-order chi connectivity index (χ1) is 10.7. The lowest BCUT2D eigenvalue weighted by atomic mass is 10.1. The van der Waals surface area contributed by atoms with E-state index >= 15 is 0 Å². The van der Waals surface area contributed by atoms with E-state index in [0.717, 1.165) is 42.8 Å². The van der Waals surface area contributed by atoms with Crippen molar-refractivity contribution in [2.45, 2.75) is 32.3 Å². The molecule has 0 amide bonds. The van der Waals surface area contributed by atoms with Gasteiger partial charge in [0.25, 0.3) is 0 Å². The number of nitrogens with one attached hydrogen (secondary N) is 1. The van der Waals surface area contributed by atoms with Crippen molar-refractivity contribution in [3.8, 4) is 11.8 Å². The molecular weight excluding hydrogens is 276 g/mol. The normalized spacial score (nSPS) is 18.5. The molecule has 1 unspecified atom stereocenters. The summed E-state index contributed by atoms with van der Waals surface area (Å²) in [6, 6.07) is 1.97. The van der Waals surface area contributed by atoms with Crippen molar-refractivity contribution in [3.63, 3.8) is 0 Å². The molecule has 1 aliphatic heterocycles. The quantitative estimate of drug-likeness (QED) is 0.725. The Morgan fingerprint density at radius 1 is 1.55 bits per heavy atom. The molecule has 0 aliphatic carbocycles. The number of hydrogen-bond donors (Lipinski definition) is 3. The summed E-state index contributed by atoms with van der Waals surface area (Å²) in [5.74, 6) is 5.78. The van der Waals surface area contributed by atoms with Gasteiger partial charge in [0.15, 0.2) is 0 Å². The molecule has 1 aromatic rings. The zero-order valence-electron chi connectivity index (χ0n) is 13.1. The first-order valence-electron chi connectivity index (χ1n) is 7.67. The van der Waals surface area contributed by atoms with Crippen LogP contribution in [0.2, 0.25) is 0 Å². The average molecular weight is 300 g/mol. The van der Waals surface area contributed by atoms with Gasteiger partial charge < -0.3 is 21.5 Å². The molecule has 0 radical (unpaired) electrons. The molecule has 5 N–H and O–H groups in total. The maximum Gasteiger partial charge on any atom is 0.0903 e. The number of aryl methyl sites for hydroxylation is 1. The molecule has 0 aromatic carbocycles. The molecule has 0 spiro atoms. The molecule has 0 saturated carbocycles. The van der Waals surface area contributed by atoms with E-state index in [4.69, 9.17) is 16.2 Å². The van der Waals surface area contributed by atoms with Crippen LogP contribution in [0.15, 0.2) is 18.5 Å². The lowest BCUT2D eigenvalue weighted by Crippen LogP contribution is -2.29. The Hall–Kier alpha value is -2.03. The van der Waals surface area contributed by atoms with Crippen LogP contribution < -0.4 is 16.8 Å². The maximum atomic E-state index is 6.10. The summed E-state index contributed by atoms with van der Waals surface area (Å²) in [5, 5.41) is 3.23. The zero-order valence-corrected chi connectivity index (χ0v) is 13.1. The molecule has 2 heterocycles. The van der Waals surface area contributed by atoms with Crippen LogP contribution in [0.3, 0.4) is 0 Å². The van der Waals surface area contributed by atoms with Crippen LogP contribution in [-0.2, 0) is 4.74 Å². The van der Waals surface area contributed by atoms with Crippen molar-refractivity contribution < 1.29 is 4.74 Å². The van der Waals surface area contributed by atoms with Crippen LogP contribution in [0, 0.1) is 18.8 Å². The number of pyridine rings is 1. The van der Waals surface area contributed by atoms with E-state index in [0.29, 0.717) is 12.2 Å². The second-order valence-electron chi connectivity index (χ2n) is 5.39. The summed E-state index contributed by atoms with van der Waals surface area (Å²) in [6.07, 6.45) is 7.30. The third-order valence-electron chi connectivity index (χ3n) is 3.56. The number of nitrogens with two attached hydrogens (primary N) is 2. The van der Waals surface area contributed by atoms with Crippen LogP contribution in [0.25, 0.3) is 5.70 Å². The Balaban J connectivity index is 1.95. The minimum atomic E-state index is 0.278. The Morgan fingerprint density at radius 2 is 2.41 bits per heavy atom. The number of ether oxygens (including phenoxy) is 1. The lowest BCUT2D eigenvalue weighted by molar-refractivity contribution is 0.0188. The predicted octanol–water partition coefficient (Wildman–Crippen LogP) is 1.12. The van der Waals surface area contributed by atoms with Gasteiger partial charge in [-0.05, 0) is 37.8 Å². The fraction of sp³-hybridized carbons (Fsp3) is 0.471. The summed E-state index contributed by atoms with van der Waals surface area (Å²) in [7, 11) is 0. The summed E-state index contributed by atoms with van der Waals surface area (Å²) in [4.78, 5) is 4.39. The molecule has 5 nitrogen and oxygen atoms in total. The smallest absolute Gasteiger partial charge is 0.0903 e. The highest BCUT2D eigenvalue weighted by molar-refractivity contribution is 5.62. The van der Waals surface area contributed by atoms with Gasteiger partial charge in [0.1, 0.15) is 0 Å². The van der Waals surface area contributed by atoms with Gasteiger partial charge >= 0.3 is 0 Å². The molecule has 5 heteroatoms. The van der Waals surface area contributed by atoms with Gasteiger partial charge in [0.2, 0.25) is 0 Å². The van der Waals surface area contributed by atoms with Crippen molar-refractivity contribution in [2.24, 2.45) is 11.5 Å². The Kier molecular flexibility index (Phi) is 6.26. The first kappa shape index (κ1) is 16.3. The highest BCUT2D eigenvalue weighted by Crippen LogP contribution is 2.14. The number of rotatable bonds is 4. The van der Waals surface area contributed by atoms with Crippen LogP contribution in [0.1, 0.15) is 36.1 Å². The fourth-order valence-electron chi connectivity index (χ4n) is 2.44. The average Bonchev–Trinajstić information content (AvgIpc) is 2.54. The zero-order chi connectivity index (χ0) is 15.8. The van der Waals surface area contributed by atoms with Crippen molar-refractivity contribution in [3.05, 3.63) is 35.3 Å². The molecule has 22 heavy (non-hydrogen) atoms. The summed E-state index contributed by atoms with van der Waals surface area (Å²) in [6.45, 7) is 3.95. The van der Waals surface area contributed by atoms with Gasteiger partial charge in [0.05, 0.1) is 24.0 Å². The van der Waals surface area contributed by atoms with E-state index in [1.54, 1.807) is 12.4 Å². The Bertz CT molecular complexity index is 580. The second-order valence-corrected chi connectivity index (χ2v) is 5.39. The van der Waals surface area contributed by atoms with E-state index in [1.807, 2.05) is 13.0 Å². The van der Waals surface area contributed by atoms with E-state index in [1.165, 1.54) is 6.42 Å². The minimum absolute atomic E-state index is 0.278. The minimum Gasteiger partial charge on any atom is -0.396 e. The highest BCUT2D eigenvalue weighted by atomic mass is 16.5. The van der Waals surface area contributed by atoms with E-state index < -0.39 is 0 Å². The molecule has 0 bridgehead atoms. The van der Waals surface area contributed by atoms with Gasteiger partial charge in [-0.15, -0.1) is 0 Å². The van der Waals surface area contributed by atoms with Crippen LogP contribution in [-0.4, -0.2) is 30.8 Å². The summed E-state index contributed by atoms with van der Waals surface area (Å²) in [5.41, 5.74) is 14.7. The number of aromatic nitrogens is 1. The van der Waals surface area contributed by atoms with Crippen LogP contribution in [0.4, 0.5) is 0 Å². The number of hydrogen-bond acceptors (Lipinski definition) is 5. The largest absolute Gasteiger partial charge is 0.396 e. The van der Waals surface area contributed by atoms with Gasteiger partial charge in [-0.25, -0.2) is 0 Å². The molecule has 1 aromatic heterocycles. The fourth-order valence-corrected chi connectivity index (χ4v) is 2.44. The van der Waals surface area contributed by atoms with Crippen molar-refractivity contribution >= 4 is 5.70 Å². The second kappa shape index (κ2) is 8.42. The molecule has 1 aliphatic rings. The molecule has 1 atom stereocenters. The van der Waals surface area contributed by atoms with Gasteiger partial charge in [0, 0.05) is 31.1 Å². The van der Waals surface area contributed by atoms with E-state index in [2.05, 4.69) is 22.1 Å². The van der Waals surface area contributed by atoms with Crippen LogP contribution >= 0.6 is 0 Å². The van der Waals surface area contributed by atoms with Gasteiger partial charge in [-0.2, -0.15) is 0 Å². The highest BCUT2D eigenvalue weighted by Gasteiger charge is 2.12. The molecule has 118 valence electrons. The summed E-state index contributed by atoms with van der Waals surface area (Å²) < 4.78 is 5.67. The van der Waals surface area contributed by atoms with E-state index in [9.17, 15) is 0 Å². The monoisotopic (exact) mass is 300 g/mol. The van der Waals surface area contributed by atoms with E-state index in [-0.39, 0.29) is 6.10 Å². The lowest BCUT2D eigenvalue weighted by Gasteiger charge is -2.22. The Morgan fingerprint density at radius 3 is 3.09 bits per heavy atom. The van der Waals surface area contributed by atoms with Crippen LogP contribution in [0.5, 0.6) is 0 Å². The SMILES string of the molecule is Cc1cc(C#CCN)cnc1/C(N)=C/NCC1CCCCO1. The molecule has 2 rings (SSSR count). The van der Waals surface area contributed by atoms with Gasteiger partial charge in [-0.1, -0.05) is 11.8 Å². The number of nitrogens with zero attached hydrogens (tertiary/aromatic N) is 1. The van der Waals surface area contributed by atoms with Crippen molar-refractivity contribution in [1.82, 2.24) is 10.3 Å². The third-order valence-corrected chi connectivity index (χ3v) is 3.56. The Labute approximate surface area is 132 Å². The van der Waals surface area contributed by atoms with Gasteiger partial charge in [-0.3, -0.25) is 4.98 Å². The summed E-state index contributed by atoms with van der Waals surface area (Å²) >= 11 is 0. The van der Waals surface area contributed by atoms with Crippen molar-refractivity contribution in [2.75, 3.05) is 19.7 Å². The predicted molar refractivity (Wildman–Crippen MR) is 88.7 cm³/mol. The standard InChI is InChI=1S/C17H24N4O/c1-13-9-14(5-4-7-18)10-21-17(13)16(19)12-20-11-15-6-2-3-8-22-15/h9-10,12,15,20H,2-3,6-8,11,18-19H2,1H3/b16-12-. The molecule has 1 saturated heterocycles. The third kappa shape index (κ3) is 4.76. The van der Waals surface area contributed by atoms with Crippen molar-refractivity contribution in [1.29, 1.82) is 0 Å². The first-order valence-corrected chi connectivity index (χ1v) is 7.67. The topological polar surface area (TPSA) is 86.2 Å². The molecule has 1 fully saturated rings. The maximum absolute atomic E-state index is 6.10. The molecular formula is C17H24N4O.